The lowest BCUT2D eigenvalue weighted by atomic mass is 10.1. The second-order valence-electron chi connectivity index (χ2n) is 9.01. The van der Waals surface area contributed by atoms with Crippen molar-refractivity contribution >= 4 is 17.6 Å². The van der Waals surface area contributed by atoms with Gasteiger partial charge in [0.15, 0.2) is 11.6 Å². The fraction of sp³-hybridized carbons (Fsp3) is 0.241. The number of furan rings is 1. The van der Waals surface area contributed by atoms with Gasteiger partial charge in [0.05, 0.1) is 18.0 Å². The van der Waals surface area contributed by atoms with Crippen LogP contribution in [0.2, 0.25) is 0 Å². The number of benzene rings is 2. The standard InChI is InChI=1S/C29H29N5O3/c1-22(23-9-4-2-5-10-23)34(29(36)26-13-8-20-37-26)21-28(35)33-18-16-32(17-19-33)27-15-14-25(30-31-27)24-11-6-3-7-12-24/h2-15,20,22H,16-19,21H2,1H3/t22-/m0/s1. The van der Waals surface area contributed by atoms with Crippen LogP contribution in [0.4, 0.5) is 5.82 Å². The smallest absolute Gasteiger partial charge is 0.290 e. The van der Waals surface area contributed by atoms with Gasteiger partial charge in [-0.05, 0) is 36.8 Å². The Balaban J connectivity index is 1.23. The van der Waals surface area contributed by atoms with E-state index in [0.29, 0.717) is 26.2 Å². The third-order valence-electron chi connectivity index (χ3n) is 6.72. The number of hydrogen-bond donors (Lipinski definition) is 0. The van der Waals surface area contributed by atoms with E-state index in [1.165, 1.54) is 6.26 Å². The molecule has 2 aromatic heterocycles. The van der Waals surface area contributed by atoms with E-state index in [9.17, 15) is 9.59 Å². The summed E-state index contributed by atoms with van der Waals surface area (Å²) in [5.41, 5.74) is 2.81. The molecule has 0 saturated carbocycles. The lowest BCUT2D eigenvalue weighted by Gasteiger charge is -2.37. The van der Waals surface area contributed by atoms with Gasteiger partial charge in [-0.3, -0.25) is 9.59 Å². The van der Waals surface area contributed by atoms with Gasteiger partial charge in [-0.15, -0.1) is 10.2 Å². The number of rotatable bonds is 7. The molecule has 1 aliphatic heterocycles. The molecule has 0 bridgehead atoms. The predicted octanol–water partition coefficient (Wildman–Crippen LogP) is 4.29. The molecule has 0 N–H and O–H groups in total. The highest BCUT2D eigenvalue weighted by Gasteiger charge is 2.30. The van der Waals surface area contributed by atoms with Crippen molar-refractivity contribution in [3.63, 3.8) is 0 Å². The largest absolute Gasteiger partial charge is 0.459 e. The van der Waals surface area contributed by atoms with E-state index >= 15 is 0 Å². The number of carbonyl (C=O) groups is 2. The minimum absolute atomic E-state index is 0.0266. The van der Waals surface area contributed by atoms with Crippen LogP contribution in [0.25, 0.3) is 11.3 Å². The first-order valence-electron chi connectivity index (χ1n) is 12.4. The number of aromatic nitrogens is 2. The van der Waals surface area contributed by atoms with Crippen LogP contribution in [0.5, 0.6) is 0 Å². The van der Waals surface area contributed by atoms with Gasteiger partial charge in [-0.2, -0.15) is 0 Å². The maximum Gasteiger partial charge on any atom is 0.290 e. The van der Waals surface area contributed by atoms with Crippen molar-refractivity contribution in [3.05, 3.63) is 103 Å². The Labute approximate surface area is 216 Å². The number of amides is 2. The lowest BCUT2D eigenvalue weighted by molar-refractivity contribution is -0.132. The van der Waals surface area contributed by atoms with Crippen LogP contribution in [0, 0.1) is 0 Å². The molecule has 2 aromatic carbocycles. The van der Waals surface area contributed by atoms with E-state index in [2.05, 4.69) is 15.1 Å². The van der Waals surface area contributed by atoms with Gasteiger partial charge < -0.3 is 19.1 Å². The molecule has 0 spiro atoms. The summed E-state index contributed by atoms with van der Waals surface area (Å²) in [7, 11) is 0. The molecule has 1 atom stereocenters. The van der Waals surface area contributed by atoms with E-state index in [0.717, 1.165) is 22.6 Å². The first-order chi connectivity index (χ1) is 18.1. The third-order valence-corrected chi connectivity index (χ3v) is 6.72. The fourth-order valence-corrected chi connectivity index (χ4v) is 4.53. The molecule has 37 heavy (non-hydrogen) atoms. The van der Waals surface area contributed by atoms with Crippen LogP contribution in [-0.2, 0) is 4.79 Å². The van der Waals surface area contributed by atoms with Crippen LogP contribution in [0.3, 0.4) is 0 Å². The topological polar surface area (TPSA) is 82.8 Å². The summed E-state index contributed by atoms with van der Waals surface area (Å²) in [5.74, 6) is 0.618. The molecule has 1 aliphatic rings. The summed E-state index contributed by atoms with van der Waals surface area (Å²) >= 11 is 0. The molecule has 0 aliphatic carbocycles. The van der Waals surface area contributed by atoms with Gasteiger partial charge in [0, 0.05) is 31.7 Å². The van der Waals surface area contributed by atoms with Crippen LogP contribution in [-0.4, -0.2) is 64.5 Å². The molecule has 5 rings (SSSR count). The number of anilines is 1. The summed E-state index contributed by atoms with van der Waals surface area (Å²) in [6, 6.07) is 26.6. The second-order valence-corrected chi connectivity index (χ2v) is 9.01. The predicted molar refractivity (Wildman–Crippen MR) is 141 cm³/mol. The molecule has 188 valence electrons. The SMILES string of the molecule is C[C@@H](c1ccccc1)N(CC(=O)N1CCN(c2ccc(-c3ccccc3)nn2)CC1)C(=O)c1ccco1. The summed E-state index contributed by atoms with van der Waals surface area (Å²) in [4.78, 5) is 32.1. The number of piperazine rings is 1. The number of carbonyl (C=O) groups excluding carboxylic acids is 2. The molecule has 1 fully saturated rings. The zero-order valence-corrected chi connectivity index (χ0v) is 20.7. The van der Waals surface area contributed by atoms with E-state index in [4.69, 9.17) is 4.42 Å². The summed E-state index contributed by atoms with van der Waals surface area (Å²) in [5, 5.41) is 8.80. The van der Waals surface area contributed by atoms with Crippen molar-refractivity contribution in [2.75, 3.05) is 37.6 Å². The minimum Gasteiger partial charge on any atom is -0.459 e. The van der Waals surface area contributed by atoms with Gasteiger partial charge in [-0.1, -0.05) is 60.7 Å². The molecule has 0 radical (unpaired) electrons. The Bertz CT molecular complexity index is 1300. The Hall–Kier alpha value is -4.46. The molecular formula is C29H29N5O3. The molecule has 8 nitrogen and oxygen atoms in total. The molecule has 2 amide bonds. The quantitative estimate of drug-likeness (QED) is 0.380. The average Bonchev–Trinajstić information content (AvgIpc) is 3.52. The van der Waals surface area contributed by atoms with E-state index in [1.54, 1.807) is 17.0 Å². The summed E-state index contributed by atoms with van der Waals surface area (Å²) in [6.07, 6.45) is 1.47. The molecule has 4 aromatic rings. The van der Waals surface area contributed by atoms with Gasteiger partial charge in [0.1, 0.15) is 6.54 Å². The van der Waals surface area contributed by atoms with Gasteiger partial charge >= 0.3 is 0 Å². The fourth-order valence-electron chi connectivity index (χ4n) is 4.53. The third kappa shape index (κ3) is 5.53. The van der Waals surface area contributed by atoms with E-state index in [1.807, 2.05) is 84.6 Å². The van der Waals surface area contributed by atoms with Crippen LogP contribution < -0.4 is 4.90 Å². The Morgan fingerprint density at radius 1 is 0.865 bits per heavy atom. The zero-order chi connectivity index (χ0) is 25.6. The van der Waals surface area contributed by atoms with Crippen LogP contribution in [0.1, 0.15) is 29.1 Å². The van der Waals surface area contributed by atoms with Crippen molar-refractivity contribution < 1.29 is 14.0 Å². The van der Waals surface area contributed by atoms with Gasteiger partial charge in [0.2, 0.25) is 5.91 Å². The van der Waals surface area contributed by atoms with Crippen molar-refractivity contribution in [3.8, 4) is 11.3 Å². The van der Waals surface area contributed by atoms with Crippen molar-refractivity contribution in [1.29, 1.82) is 0 Å². The number of hydrogen-bond acceptors (Lipinski definition) is 6. The van der Waals surface area contributed by atoms with Crippen molar-refractivity contribution in [2.24, 2.45) is 0 Å². The monoisotopic (exact) mass is 495 g/mol. The highest BCUT2D eigenvalue weighted by Crippen LogP contribution is 2.23. The maximum absolute atomic E-state index is 13.3. The molecule has 3 heterocycles. The van der Waals surface area contributed by atoms with Crippen molar-refractivity contribution in [1.82, 2.24) is 20.0 Å². The van der Waals surface area contributed by atoms with Crippen LogP contribution >= 0.6 is 0 Å². The van der Waals surface area contributed by atoms with Gasteiger partial charge in [-0.25, -0.2) is 0 Å². The minimum atomic E-state index is -0.304. The average molecular weight is 496 g/mol. The summed E-state index contributed by atoms with van der Waals surface area (Å²) < 4.78 is 5.35. The molecule has 0 unspecified atom stereocenters. The Morgan fingerprint density at radius 2 is 1.57 bits per heavy atom. The normalized spacial score (nSPS) is 14.3. The summed E-state index contributed by atoms with van der Waals surface area (Å²) in [6.45, 7) is 4.28. The first kappa shape index (κ1) is 24.2. The number of nitrogens with zero attached hydrogens (tertiary/aromatic N) is 5. The maximum atomic E-state index is 13.3. The molecule has 8 heteroatoms. The highest BCUT2D eigenvalue weighted by molar-refractivity contribution is 5.94. The van der Waals surface area contributed by atoms with Gasteiger partial charge in [0.25, 0.3) is 5.91 Å². The van der Waals surface area contributed by atoms with E-state index < -0.39 is 0 Å². The second kappa shape index (κ2) is 11.1. The lowest BCUT2D eigenvalue weighted by Crippen LogP contribution is -2.52. The van der Waals surface area contributed by atoms with Crippen LogP contribution in [0.15, 0.2) is 95.6 Å². The first-order valence-corrected chi connectivity index (χ1v) is 12.4. The zero-order valence-electron chi connectivity index (χ0n) is 20.7. The van der Waals surface area contributed by atoms with E-state index in [-0.39, 0.29) is 30.2 Å². The Morgan fingerprint density at radius 3 is 2.19 bits per heavy atom. The highest BCUT2D eigenvalue weighted by atomic mass is 16.3. The van der Waals surface area contributed by atoms with Crippen molar-refractivity contribution in [2.45, 2.75) is 13.0 Å². The molecular weight excluding hydrogens is 466 g/mol. The Kier molecular flexibility index (Phi) is 7.26. The molecule has 1 saturated heterocycles.